The standard InChI is InChI=1S/C20H19NO4S/c1-24-17-6-4-14-5-7-18(12-16(14)11-17)25-19(22)3-2-9-21-20(23)15-8-10-26-13-15/h4-8,10-13H,2-3,9H2,1H3,(H,21,23). The van der Waals surface area contributed by atoms with Gasteiger partial charge in [-0.25, -0.2) is 0 Å². The minimum atomic E-state index is -0.322. The molecule has 0 atom stereocenters. The highest BCUT2D eigenvalue weighted by Crippen LogP contribution is 2.25. The van der Waals surface area contributed by atoms with Crippen LogP contribution >= 0.6 is 11.3 Å². The smallest absolute Gasteiger partial charge is 0.311 e. The zero-order chi connectivity index (χ0) is 18.4. The van der Waals surface area contributed by atoms with Gasteiger partial charge in [0.25, 0.3) is 5.91 Å². The fraction of sp³-hybridized carbons (Fsp3) is 0.200. The maximum absolute atomic E-state index is 12.0. The molecule has 0 fully saturated rings. The number of carbonyl (C=O) groups excluding carboxylic acids is 2. The number of fused-ring (bicyclic) bond motifs is 1. The van der Waals surface area contributed by atoms with Crippen LogP contribution in [-0.2, 0) is 4.79 Å². The molecule has 3 rings (SSSR count). The fourth-order valence-electron chi connectivity index (χ4n) is 2.51. The van der Waals surface area contributed by atoms with Crippen molar-refractivity contribution in [1.82, 2.24) is 5.32 Å². The number of thiophene rings is 1. The third kappa shape index (κ3) is 4.61. The van der Waals surface area contributed by atoms with E-state index in [4.69, 9.17) is 9.47 Å². The van der Waals surface area contributed by atoms with E-state index < -0.39 is 0 Å². The average Bonchev–Trinajstić information content (AvgIpc) is 3.19. The summed E-state index contributed by atoms with van der Waals surface area (Å²) in [6, 6.07) is 13.0. The van der Waals surface area contributed by atoms with Gasteiger partial charge in [-0.05, 0) is 52.9 Å². The Kier molecular flexibility index (Phi) is 5.86. The monoisotopic (exact) mass is 369 g/mol. The fourth-order valence-corrected chi connectivity index (χ4v) is 3.14. The van der Waals surface area contributed by atoms with Gasteiger partial charge in [0.1, 0.15) is 11.5 Å². The number of hydrogen-bond donors (Lipinski definition) is 1. The van der Waals surface area contributed by atoms with Gasteiger partial charge in [-0.3, -0.25) is 9.59 Å². The van der Waals surface area contributed by atoms with E-state index in [1.165, 1.54) is 11.3 Å². The lowest BCUT2D eigenvalue weighted by molar-refractivity contribution is -0.134. The van der Waals surface area contributed by atoms with Gasteiger partial charge in [0.05, 0.1) is 7.11 Å². The number of ether oxygens (including phenoxy) is 2. The van der Waals surface area contributed by atoms with Crippen molar-refractivity contribution in [2.24, 2.45) is 0 Å². The predicted octanol–water partition coefficient (Wildman–Crippen LogP) is 4.03. The predicted molar refractivity (Wildman–Crippen MR) is 102 cm³/mol. The summed E-state index contributed by atoms with van der Waals surface area (Å²) in [5, 5.41) is 8.42. The van der Waals surface area contributed by atoms with Crippen LogP contribution in [0.2, 0.25) is 0 Å². The molecule has 2 aromatic carbocycles. The summed E-state index contributed by atoms with van der Waals surface area (Å²) in [5.74, 6) is 0.806. The number of esters is 1. The van der Waals surface area contributed by atoms with Crippen LogP contribution in [-0.4, -0.2) is 25.5 Å². The molecule has 0 aliphatic carbocycles. The molecule has 1 N–H and O–H groups in total. The highest BCUT2D eigenvalue weighted by atomic mass is 32.1. The molecule has 0 saturated carbocycles. The van der Waals surface area contributed by atoms with Crippen molar-refractivity contribution in [3.05, 3.63) is 58.8 Å². The first kappa shape index (κ1) is 17.9. The molecule has 5 nitrogen and oxygen atoms in total. The molecule has 1 amide bonds. The highest BCUT2D eigenvalue weighted by molar-refractivity contribution is 7.08. The highest BCUT2D eigenvalue weighted by Gasteiger charge is 2.08. The summed E-state index contributed by atoms with van der Waals surface area (Å²) in [5.41, 5.74) is 0.643. The van der Waals surface area contributed by atoms with E-state index in [0.29, 0.717) is 24.3 Å². The van der Waals surface area contributed by atoms with Crippen molar-refractivity contribution < 1.29 is 19.1 Å². The number of carbonyl (C=O) groups is 2. The maximum Gasteiger partial charge on any atom is 0.311 e. The third-order valence-corrected chi connectivity index (χ3v) is 4.56. The molecule has 0 saturated heterocycles. The Hall–Kier alpha value is -2.86. The van der Waals surface area contributed by atoms with Gasteiger partial charge in [0, 0.05) is 23.9 Å². The van der Waals surface area contributed by atoms with E-state index in [0.717, 1.165) is 16.5 Å². The minimum absolute atomic E-state index is 0.122. The van der Waals surface area contributed by atoms with Crippen molar-refractivity contribution in [3.63, 3.8) is 0 Å². The molecule has 0 radical (unpaired) electrons. The Morgan fingerprint density at radius 3 is 2.54 bits per heavy atom. The first-order valence-electron chi connectivity index (χ1n) is 8.24. The molecule has 0 spiro atoms. The molecule has 6 heteroatoms. The quantitative estimate of drug-likeness (QED) is 0.388. The van der Waals surface area contributed by atoms with Crippen molar-refractivity contribution in [3.8, 4) is 11.5 Å². The summed E-state index contributed by atoms with van der Waals surface area (Å²) >= 11 is 1.47. The van der Waals surface area contributed by atoms with Gasteiger partial charge in [-0.1, -0.05) is 12.1 Å². The second-order valence-corrected chi connectivity index (χ2v) is 6.50. The molecule has 1 heterocycles. The molecule has 3 aromatic rings. The van der Waals surface area contributed by atoms with E-state index in [1.54, 1.807) is 24.6 Å². The molecule has 1 aromatic heterocycles. The second kappa shape index (κ2) is 8.49. The number of amides is 1. The molecule has 0 aliphatic heterocycles. The second-order valence-electron chi connectivity index (χ2n) is 5.72. The number of rotatable bonds is 7. The summed E-state index contributed by atoms with van der Waals surface area (Å²) in [6.45, 7) is 0.429. The van der Waals surface area contributed by atoms with E-state index >= 15 is 0 Å². The lowest BCUT2D eigenvalue weighted by Crippen LogP contribution is -2.24. The van der Waals surface area contributed by atoms with Crippen LogP contribution < -0.4 is 14.8 Å². The van der Waals surface area contributed by atoms with Crippen LogP contribution in [0.3, 0.4) is 0 Å². The molecule has 0 bridgehead atoms. The van der Waals surface area contributed by atoms with Gasteiger partial charge in [0.15, 0.2) is 0 Å². The lowest BCUT2D eigenvalue weighted by Gasteiger charge is -2.07. The van der Waals surface area contributed by atoms with Gasteiger partial charge in [-0.2, -0.15) is 11.3 Å². The Balaban J connectivity index is 1.48. The van der Waals surface area contributed by atoms with Gasteiger partial charge in [-0.15, -0.1) is 0 Å². The first-order valence-corrected chi connectivity index (χ1v) is 9.19. The minimum Gasteiger partial charge on any atom is -0.497 e. The van der Waals surface area contributed by atoms with E-state index in [1.807, 2.05) is 35.7 Å². The van der Waals surface area contributed by atoms with Crippen LogP contribution in [0.4, 0.5) is 0 Å². The molecule has 0 aliphatic rings. The van der Waals surface area contributed by atoms with Gasteiger partial charge in [0.2, 0.25) is 0 Å². The Bertz CT molecular complexity index is 905. The van der Waals surface area contributed by atoms with E-state index in [2.05, 4.69) is 5.32 Å². The summed E-state index contributed by atoms with van der Waals surface area (Å²) < 4.78 is 10.6. The Morgan fingerprint density at radius 2 is 1.81 bits per heavy atom. The van der Waals surface area contributed by atoms with Gasteiger partial charge >= 0.3 is 5.97 Å². The van der Waals surface area contributed by atoms with Gasteiger partial charge < -0.3 is 14.8 Å². The molecule has 0 unspecified atom stereocenters. The van der Waals surface area contributed by atoms with Crippen molar-refractivity contribution >= 4 is 34.0 Å². The maximum atomic E-state index is 12.0. The van der Waals surface area contributed by atoms with Crippen LogP contribution in [0.25, 0.3) is 10.8 Å². The largest absolute Gasteiger partial charge is 0.497 e. The molecule has 134 valence electrons. The van der Waals surface area contributed by atoms with Crippen molar-refractivity contribution in [2.75, 3.05) is 13.7 Å². The summed E-state index contributed by atoms with van der Waals surface area (Å²) in [6.07, 6.45) is 0.760. The SMILES string of the molecule is COc1ccc2ccc(OC(=O)CCCNC(=O)c3ccsc3)cc2c1. The van der Waals surface area contributed by atoms with Crippen molar-refractivity contribution in [2.45, 2.75) is 12.8 Å². The number of hydrogen-bond acceptors (Lipinski definition) is 5. The molecular weight excluding hydrogens is 350 g/mol. The van der Waals surface area contributed by atoms with Crippen LogP contribution in [0.15, 0.2) is 53.2 Å². The Labute approximate surface area is 155 Å². The van der Waals surface area contributed by atoms with Crippen LogP contribution in [0.5, 0.6) is 11.5 Å². The molecular formula is C20H19NO4S. The first-order chi connectivity index (χ1) is 12.7. The topological polar surface area (TPSA) is 64.6 Å². The van der Waals surface area contributed by atoms with E-state index in [9.17, 15) is 9.59 Å². The Morgan fingerprint density at radius 1 is 1.04 bits per heavy atom. The summed E-state index contributed by atoms with van der Waals surface area (Å²) in [4.78, 5) is 23.8. The number of methoxy groups -OCH3 is 1. The zero-order valence-electron chi connectivity index (χ0n) is 14.4. The normalized spacial score (nSPS) is 10.5. The molecule has 26 heavy (non-hydrogen) atoms. The van der Waals surface area contributed by atoms with E-state index in [-0.39, 0.29) is 18.3 Å². The number of nitrogens with one attached hydrogen (secondary N) is 1. The van der Waals surface area contributed by atoms with Crippen molar-refractivity contribution in [1.29, 1.82) is 0 Å². The lowest BCUT2D eigenvalue weighted by atomic mass is 10.1. The average molecular weight is 369 g/mol. The summed E-state index contributed by atoms with van der Waals surface area (Å²) in [7, 11) is 1.61. The third-order valence-electron chi connectivity index (χ3n) is 3.88. The zero-order valence-corrected chi connectivity index (χ0v) is 15.2. The van der Waals surface area contributed by atoms with Crippen LogP contribution in [0, 0.1) is 0 Å². The number of benzene rings is 2. The van der Waals surface area contributed by atoms with Crippen LogP contribution in [0.1, 0.15) is 23.2 Å².